The number of nitrogens with one attached hydrogen (secondary N) is 1. The van der Waals surface area contributed by atoms with Crippen molar-refractivity contribution in [2.45, 2.75) is 38.8 Å². The smallest absolute Gasteiger partial charge is 0.322 e. The molecule has 2 atom stereocenters. The highest BCUT2D eigenvalue weighted by Gasteiger charge is 2.24. The number of likely N-dealkylation sites (tertiary alicyclic amines) is 1. The van der Waals surface area contributed by atoms with E-state index in [0.717, 1.165) is 30.6 Å². The minimum atomic E-state index is -0.521. The molecule has 0 bridgehead atoms. The largest absolute Gasteiger partial charge is 0.389 e. The maximum Gasteiger partial charge on any atom is 0.322 e. The molecular formula is C14H20N2O2. The van der Waals surface area contributed by atoms with Crippen molar-refractivity contribution in [1.82, 2.24) is 4.90 Å². The average molecular weight is 248 g/mol. The van der Waals surface area contributed by atoms with E-state index >= 15 is 0 Å². The van der Waals surface area contributed by atoms with Crippen LogP contribution in [-0.2, 0) is 0 Å². The van der Waals surface area contributed by atoms with E-state index in [1.165, 1.54) is 0 Å². The third kappa shape index (κ3) is 2.82. The van der Waals surface area contributed by atoms with Crippen LogP contribution in [0.25, 0.3) is 0 Å². The van der Waals surface area contributed by atoms with Gasteiger partial charge in [-0.2, -0.15) is 0 Å². The molecule has 0 aliphatic carbocycles. The second-order valence-corrected chi connectivity index (χ2v) is 4.92. The summed E-state index contributed by atoms with van der Waals surface area (Å²) in [5, 5.41) is 12.4. The fourth-order valence-corrected chi connectivity index (χ4v) is 2.31. The SMILES string of the molecule is CC(O)c1cccc(NC(=O)N2CCCC2C)c1. The molecule has 1 saturated heterocycles. The zero-order valence-electron chi connectivity index (χ0n) is 10.9. The molecule has 1 aromatic rings. The summed E-state index contributed by atoms with van der Waals surface area (Å²) in [6, 6.07) is 7.59. The number of carbonyl (C=O) groups is 1. The number of hydrogen-bond acceptors (Lipinski definition) is 2. The number of hydrogen-bond donors (Lipinski definition) is 2. The van der Waals surface area contributed by atoms with Gasteiger partial charge >= 0.3 is 6.03 Å². The summed E-state index contributed by atoms with van der Waals surface area (Å²) in [5.74, 6) is 0. The Bertz CT molecular complexity index is 432. The quantitative estimate of drug-likeness (QED) is 0.845. The van der Waals surface area contributed by atoms with Crippen LogP contribution in [-0.4, -0.2) is 28.6 Å². The first-order valence-corrected chi connectivity index (χ1v) is 6.43. The fraction of sp³-hybridized carbons (Fsp3) is 0.500. The van der Waals surface area contributed by atoms with Gasteiger partial charge in [-0.25, -0.2) is 4.79 Å². The van der Waals surface area contributed by atoms with E-state index in [4.69, 9.17) is 0 Å². The van der Waals surface area contributed by atoms with Gasteiger partial charge in [0, 0.05) is 18.3 Å². The van der Waals surface area contributed by atoms with E-state index in [1.54, 1.807) is 6.92 Å². The molecule has 0 spiro atoms. The maximum atomic E-state index is 12.1. The van der Waals surface area contributed by atoms with Gasteiger partial charge < -0.3 is 15.3 Å². The zero-order valence-corrected chi connectivity index (χ0v) is 10.9. The summed E-state index contributed by atoms with van der Waals surface area (Å²) < 4.78 is 0. The van der Waals surface area contributed by atoms with Crippen LogP contribution in [0.5, 0.6) is 0 Å². The maximum absolute atomic E-state index is 12.1. The molecule has 4 nitrogen and oxygen atoms in total. The lowest BCUT2D eigenvalue weighted by Crippen LogP contribution is -2.37. The normalized spacial score (nSPS) is 20.8. The second kappa shape index (κ2) is 5.40. The van der Waals surface area contributed by atoms with Crippen molar-refractivity contribution in [3.8, 4) is 0 Å². The van der Waals surface area contributed by atoms with Crippen molar-refractivity contribution >= 4 is 11.7 Å². The van der Waals surface area contributed by atoms with Gasteiger partial charge in [0.1, 0.15) is 0 Å². The van der Waals surface area contributed by atoms with Crippen molar-refractivity contribution in [2.75, 3.05) is 11.9 Å². The molecule has 2 rings (SSSR count). The van der Waals surface area contributed by atoms with Gasteiger partial charge in [0.25, 0.3) is 0 Å². The van der Waals surface area contributed by atoms with Crippen LogP contribution in [0.1, 0.15) is 38.4 Å². The molecule has 1 aliphatic heterocycles. The van der Waals surface area contributed by atoms with Crippen molar-refractivity contribution in [2.24, 2.45) is 0 Å². The standard InChI is InChI=1S/C14H20N2O2/c1-10-5-4-8-16(10)14(18)15-13-7-3-6-12(9-13)11(2)17/h3,6-7,9-11,17H,4-5,8H2,1-2H3,(H,15,18). The number of nitrogens with zero attached hydrogens (tertiary/aromatic N) is 1. The second-order valence-electron chi connectivity index (χ2n) is 4.92. The van der Waals surface area contributed by atoms with Gasteiger partial charge in [-0.3, -0.25) is 0 Å². The summed E-state index contributed by atoms with van der Waals surface area (Å²) in [6.45, 7) is 4.60. The molecule has 2 unspecified atom stereocenters. The van der Waals surface area contributed by atoms with Gasteiger partial charge in [0.05, 0.1) is 6.10 Å². The molecule has 1 aliphatic rings. The van der Waals surface area contributed by atoms with Crippen molar-refractivity contribution in [3.05, 3.63) is 29.8 Å². The Hall–Kier alpha value is -1.55. The monoisotopic (exact) mass is 248 g/mol. The van der Waals surface area contributed by atoms with Crippen LogP contribution in [0, 0.1) is 0 Å². The summed E-state index contributed by atoms with van der Waals surface area (Å²) in [7, 11) is 0. The topological polar surface area (TPSA) is 52.6 Å². The molecule has 1 aromatic carbocycles. The van der Waals surface area contributed by atoms with Crippen LogP contribution >= 0.6 is 0 Å². The predicted molar refractivity (Wildman–Crippen MR) is 71.5 cm³/mol. The molecular weight excluding hydrogens is 228 g/mol. The van der Waals surface area contributed by atoms with Gasteiger partial charge in [0.2, 0.25) is 0 Å². The molecule has 2 amide bonds. The molecule has 18 heavy (non-hydrogen) atoms. The average Bonchev–Trinajstić information content (AvgIpc) is 2.76. The summed E-state index contributed by atoms with van der Waals surface area (Å²) in [5.41, 5.74) is 1.54. The van der Waals surface area contributed by atoms with Crippen molar-refractivity contribution in [3.63, 3.8) is 0 Å². The molecule has 2 N–H and O–H groups in total. The third-order valence-electron chi connectivity index (χ3n) is 3.43. The number of carbonyl (C=O) groups excluding carboxylic acids is 1. The minimum Gasteiger partial charge on any atom is -0.389 e. The molecule has 0 radical (unpaired) electrons. The van der Waals surface area contributed by atoms with Crippen molar-refractivity contribution < 1.29 is 9.90 Å². The van der Waals surface area contributed by atoms with E-state index in [9.17, 15) is 9.90 Å². The number of aliphatic hydroxyl groups excluding tert-OH is 1. The number of benzene rings is 1. The highest BCUT2D eigenvalue weighted by Crippen LogP contribution is 2.20. The minimum absolute atomic E-state index is 0.0530. The molecule has 1 heterocycles. The molecule has 0 aromatic heterocycles. The van der Waals surface area contributed by atoms with E-state index in [-0.39, 0.29) is 6.03 Å². The van der Waals surface area contributed by atoms with Gasteiger partial charge in [0.15, 0.2) is 0 Å². The number of aliphatic hydroxyl groups is 1. The molecule has 4 heteroatoms. The first-order valence-electron chi connectivity index (χ1n) is 6.43. The Labute approximate surface area is 108 Å². The fourth-order valence-electron chi connectivity index (χ4n) is 2.31. The van der Waals surface area contributed by atoms with E-state index in [0.29, 0.717) is 6.04 Å². The zero-order chi connectivity index (χ0) is 13.1. The summed E-state index contributed by atoms with van der Waals surface area (Å²) >= 11 is 0. The third-order valence-corrected chi connectivity index (χ3v) is 3.43. The molecule has 0 saturated carbocycles. The lowest BCUT2D eigenvalue weighted by Gasteiger charge is -2.22. The van der Waals surface area contributed by atoms with Gasteiger partial charge in [-0.1, -0.05) is 12.1 Å². The Morgan fingerprint density at radius 1 is 1.56 bits per heavy atom. The van der Waals surface area contributed by atoms with E-state index < -0.39 is 6.10 Å². The van der Waals surface area contributed by atoms with E-state index in [1.807, 2.05) is 29.2 Å². The Morgan fingerprint density at radius 2 is 2.33 bits per heavy atom. The lowest BCUT2D eigenvalue weighted by molar-refractivity contribution is 0.199. The number of urea groups is 1. The van der Waals surface area contributed by atoms with E-state index in [2.05, 4.69) is 12.2 Å². The lowest BCUT2D eigenvalue weighted by atomic mass is 10.1. The van der Waals surface area contributed by atoms with Crippen LogP contribution in [0.3, 0.4) is 0 Å². The van der Waals surface area contributed by atoms with Crippen LogP contribution < -0.4 is 5.32 Å². The van der Waals surface area contributed by atoms with Crippen LogP contribution in [0.15, 0.2) is 24.3 Å². The summed E-state index contributed by atoms with van der Waals surface area (Å²) in [6.07, 6.45) is 1.62. The predicted octanol–water partition coefficient (Wildman–Crippen LogP) is 2.76. The summed E-state index contributed by atoms with van der Waals surface area (Å²) in [4.78, 5) is 13.9. The number of amides is 2. The van der Waals surface area contributed by atoms with Crippen molar-refractivity contribution in [1.29, 1.82) is 0 Å². The highest BCUT2D eigenvalue weighted by atomic mass is 16.3. The first-order chi connectivity index (χ1) is 8.58. The molecule has 98 valence electrons. The highest BCUT2D eigenvalue weighted by molar-refractivity contribution is 5.89. The Morgan fingerprint density at radius 3 is 2.94 bits per heavy atom. The van der Waals surface area contributed by atoms with Gasteiger partial charge in [-0.15, -0.1) is 0 Å². The Balaban J connectivity index is 2.04. The number of rotatable bonds is 2. The van der Waals surface area contributed by atoms with Gasteiger partial charge in [-0.05, 0) is 44.4 Å². The van der Waals surface area contributed by atoms with Crippen LogP contribution in [0.2, 0.25) is 0 Å². The molecule has 1 fully saturated rings. The first kappa shape index (κ1) is 12.9. The number of anilines is 1. The Kier molecular flexibility index (Phi) is 3.87. The van der Waals surface area contributed by atoms with Crippen LogP contribution in [0.4, 0.5) is 10.5 Å².